The standard InChI is InChI=1S/C24H20FN3O2/c25-19-5-1-15(2-6-19)14-28-10-9-17-11-20(7-8-22(17)28)27-23-21(24(29)30)12-18(13-26-23)16-3-4-16/h1-2,5-13,16H,3-4,14H2,(H,26,27)(H,29,30). The van der Waals surface area contributed by atoms with Gasteiger partial charge in [-0.1, -0.05) is 12.1 Å². The van der Waals surface area contributed by atoms with Crippen LogP contribution in [-0.2, 0) is 6.54 Å². The van der Waals surface area contributed by atoms with E-state index in [1.165, 1.54) is 12.1 Å². The van der Waals surface area contributed by atoms with Crippen LogP contribution in [-0.4, -0.2) is 20.6 Å². The predicted molar refractivity (Wildman–Crippen MR) is 114 cm³/mol. The fourth-order valence-corrected chi connectivity index (χ4v) is 3.72. The van der Waals surface area contributed by atoms with Gasteiger partial charge in [-0.25, -0.2) is 14.2 Å². The monoisotopic (exact) mass is 401 g/mol. The summed E-state index contributed by atoms with van der Waals surface area (Å²) < 4.78 is 15.2. The number of benzene rings is 2. The maximum atomic E-state index is 13.1. The van der Waals surface area contributed by atoms with Crippen molar-refractivity contribution in [1.29, 1.82) is 0 Å². The Hall–Kier alpha value is -3.67. The molecule has 30 heavy (non-hydrogen) atoms. The van der Waals surface area contributed by atoms with Crippen LogP contribution in [0, 0.1) is 5.82 Å². The first kappa shape index (κ1) is 18.4. The van der Waals surface area contributed by atoms with E-state index in [1.807, 2.05) is 30.5 Å². The van der Waals surface area contributed by atoms with Crippen LogP contribution in [0.1, 0.15) is 40.2 Å². The Kier molecular flexibility index (Phi) is 4.47. The Labute approximate surface area is 172 Å². The molecule has 5 nitrogen and oxygen atoms in total. The average molecular weight is 401 g/mol. The first-order chi connectivity index (χ1) is 14.6. The molecule has 4 aromatic rings. The van der Waals surface area contributed by atoms with Crippen molar-refractivity contribution >= 4 is 28.4 Å². The number of halogens is 1. The zero-order valence-corrected chi connectivity index (χ0v) is 16.2. The molecule has 1 saturated carbocycles. The summed E-state index contributed by atoms with van der Waals surface area (Å²) in [7, 11) is 0. The fourth-order valence-electron chi connectivity index (χ4n) is 3.72. The maximum Gasteiger partial charge on any atom is 0.339 e. The molecule has 1 aliphatic carbocycles. The molecule has 5 rings (SSSR count). The highest BCUT2D eigenvalue weighted by molar-refractivity contribution is 5.94. The van der Waals surface area contributed by atoms with Gasteiger partial charge in [-0.05, 0) is 72.4 Å². The van der Waals surface area contributed by atoms with E-state index in [0.29, 0.717) is 18.3 Å². The van der Waals surface area contributed by atoms with Crippen LogP contribution in [0.3, 0.4) is 0 Å². The average Bonchev–Trinajstić information content (AvgIpc) is 3.52. The van der Waals surface area contributed by atoms with E-state index in [-0.39, 0.29) is 11.4 Å². The number of aromatic carboxylic acids is 1. The molecule has 2 aromatic heterocycles. The lowest BCUT2D eigenvalue weighted by molar-refractivity contribution is 0.0697. The molecule has 0 radical (unpaired) electrons. The maximum absolute atomic E-state index is 13.1. The zero-order valence-electron chi connectivity index (χ0n) is 16.2. The molecule has 0 bridgehead atoms. The normalized spacial score (nSPS) is 13.5. The molecule has 0 saturated heterocycles. The minimum atomic E-state index is -0.987. The van der Waals surface area contributed by atoms with Gasteiger partial charge in [-0.2, -0.15) is 0 Å². The molecule has 2 heterocycles. The van der Waals surface area contributed by atoms with E-state index in [2.05, 4.69) is 14.9 Å². The van der Waals surface area contributed by atoms with Crippen LogP contribution >= 0.6 is 0 Å². The molecule has 0 atom stereocenters. The largest absolute Gasteiger partial charge is 0.478 e. The van der Waals surface area contributed by atoms with E-state index >= 15 is 0 Å². The molecule has 150 valence electrons. The van der Waals surface area contributed by atoms with Gasteiger partial charge in [0.1, 0.15) is 17.2 Å². The Morgan fingerprint density at radius 1 is 1.13 bits per heavy atom. The molecule has 2 N–H and O–H groups in total. The van der Waals surface area contributed by atoms with E-state index < -0.39 is 5.97 Å². The number of hydrogen-bond donors (Lipinski definition) is 2. The minimum absolute atomic E-state index is 0.188. The van der Waals surface area contributed by atoms with E-state index in [4.69, 9.17) is 0 Å². The van der Waals surface area contributed by atoms with Crippen molar-refractivity contribution in [2.75, 3.05) is 5.32 Å². The minimum Gasteiger partial charge on any atom is -0.478 e. The fraction of sp³-hybridized carbons (Fsp3) is 0.167. The molecule has 1 fully saturated rings. The molecule has 1 aliphatic rings. The van der Waals surface area contributed by atoms with Crippen molar-refractivity contribution in [1.82, 2.24) is 9.55 Å². The molecule has 0 aliphatic heterocycles. The van der Waals surface area contributed by atoms with E-state index in [0.717, 1.165) is 40.6 Å². The van der Waals surface area contributed by atoms with Crippen LogP contribution in [0.5, 0.6) is 0 Å². The molecule has 0 spiro atoms. The highest BCUT2D eigenvalue weighted by Crippen LogP contribution is 2.40. The SMILES string of the molecule is O=C(O)c1cc(C2CC2)cnc1Nc1ccc2c(ccn2Cc2ccc(F)cc2)c1. The number of anilines is 2. The predicted octanol–water partition coefficient (Wildman–Crippen LogP) is 5.54. The first-order valence-corrected chi connectivity index (χ1v) is 9.90. The van der Waals surface area contributed by atoms with Crippen LogP contribution in [0.4, 0.5) is 15.9 Å². The number of rotatable bonds is 6. The van der Waals surface area contributed by atoms with Crippen molar-refractivity contribution in [2.24, 2.45) is 0 Å². The molecule has 0 amide bonds. The zero-order chi connectivity index (χ0) is 20.7. The van der Waals surface area contributed by atoms with Crippen LogP contribution in [0.15, 0.2) is 67.0 Å². The summed E-state index contributed by atoms with van der Waals surface area (Å²) in [5.41, 5.74) is 4.01. The second-order valence-corrected chi connectivity index (χ2v) is 7.71. The van der Waals surface area contributed by atoms with Gasteiger partial charge < -0.3 is 15.0 Å². The number of nitrogens with zero attached hydrogens (tertiary/aromatic N) is 2. The lowest BCUT2D eigenvalue weighted by atomic mass is 10.1. The third kappa shape index (κ3) is 3.64. The van der Waals surface area contributed by atoms with Crippen molar-refractivity contribution < 1.29 is 14.3 Å². The lowest BCUT2D eigenvalue weighted by Crippen LogP contribution is -2.06. The third-order valence-corrected chi connectivity index (χ3v) is 5.49. The number of hydrogen-bond acceptors (Lipinski definition) is 3. The van der Waals surface area contributed by atoms with Crippen molar-refractivity contribution in [3.05, 3.63) is 89.5 Å². The van der Waals surface area contributed by atoms with Crippen LogP contribution in [0.25, 0.3) is 10.9 Å². The van der Waals surface area contributed by atoms with Gasteiger partial charge in [0, 0.05) is 35.5 Å². The Morgan fingerprint density at radius 3 is 2.67 bits per heavy atom. The Morgan fingerprint density at radius 2 is 1.93 bits per heavy atom. The molecule has 6 heteroatoms. The number of fused-ring (bicyclic) bond motifs is 1. The number of pyridine rings is 1. The van der Waals surface area contributed by atoms with Crippen LogP contribution < -0.4 is 5.32 Å². The third-order valence-electron chi connectivity index (χ3n) is 5.49. The van der Waals surface area contributed by atoms with Crippen molar-refractivity contribution in [3.63, 3.8) is 0 Å². The lowest BCUT2D eigenvalue weighted by Gasteiger charge is -2.11. The summed E-state index contributed by atoms with van der Waals surface area (Å²) in [6.07, 6.45) is 5.95. The van der Waals surface area contributed by atoms with Gasteiger partial charge >= 0.3 is 5.97 Å². The number of carbonyl (C=O) groups is 1. The number of carboxylic acids is 1. The van der Waals surface area contributed by atoms with Gasteiger partial charge in [-0.15, -0.1) is 0 Å². The Bertz CT molecular complexity index is 1240. The molecule has 0 unspecified atom stereocenters. The summed E-state index contributed by atoms with van der Waals surface area (Å²) in [6, 6.07) is 16.1. The van der Waals surface area contributed by atoms with Gasteiger partial charge in [0.2, 0.25) is 0 Å². The summed E-state index contributed by atoms with van der Waals surface area (Å²) >= 11 is 0. The highest BCUT2D eigenvalue weighted by atomic mass is 19.1. The van der Waals surface area contributed by atoms with E-state index in [9.17, 15) is 14.3 Å². The highest BCUT2D eigenvalue weighted by Gasteiger charge is 2.26. The summed E-state index contributed by atoms with van der Waals surface area (Å²) in [5, 5.41) is 13.8. The molecular formula is C24H20FN3O2. The van der Waals surface area contributed by atoms with Gasteiger partial charge in [0.25, 0.3) is 0 Å². The summed E-state index contributed by atoms with van der Waals surface area (Å²) in [5.74, 6) is -0.441. The number of nitrogens with one attached hydrogen (secondary N) is 1. The van der Waals surface area contributed by atoms with Crippen LogP contribution in [0.2, 0.25) is 0 Å². The quantitative estimate of drug-likeness (QED) is 0.445. The van der Waals surface area contributed by atoms with Crippen molar-refractivity contribution in [3.8, 4) is 0 Å². The van der Waals surface area contributed by atoms with Gasteiger partial charge in [0.15, 0.2) is 0 Å². The van der Waals surface area contributed by atoms with E-state index in [1.54, 1.807) is 24.4 Å². The number of carboxylic acid groups (broad SMARTS) is 1. The Balaban J connectivity index is 1.41. The second kappa shape index (κ2) is 7.30. The molecule has 2 aromatic carbocycles. The summed E-state index contributed by atoms with van der Waals surface area (Å²) in [4.78, 5) is 16.1. The second-order valence-electron chi connectivity index (χ2n) is 7.71. The molecular weight excluding hydrogens is 381 g/mol. The summed E-state index contributed by atoms with van der Waals surface area (Å²) in [6.45, 7) is 0.643. The topological polar surface area (TPSA) is 67.2 Å². The van der Waals surface area contributed by atoms with Crippen molar-refractivity contribution in [2.45, 2.75) is 25.3 Å². The number of aromatic nitrogens is 2. The van der Waals surface area contributed by atoms with Gasteiger partial charge in [-0.3, -0.25) is 0 Å². The van der Waals surface area contributed by atoms with Gasteiger partial charge in [0.05, 0.1) is 0 Å². The first-order valence-electron chi connectivity index (χ1n) is 9.90. The smallest absolute Gasteiger partial charge is 0.339 e.